The molecule has 0 radical (unpaired) electrons. The first-order chi connectivity index (χ1) is 7.29. The van der Waals surface area contributed by atoms with Crippen LogP contribution in [-0.2, 0) is 13.3 Å². The highest BCUT2D eigenvalue weighted by atomic mass is 28.4. The second-order valence-corrected chi connectivity index (χ2v) is 5.45. The maximum absolute atomic E-state index is 5.32. The molecule has 0 amide bonds. The first-order valence-corrected chi connectivity index (χ1v) is 6.30. The Bertz CT molecular complexity index is 244. The lowest BCUT2D eigenvalue weighted by Gasteiger charge is -2.24. The van der Waals surface area contributed by atoms with Crippen molar-refractivity contribution in [2.24, 2.45) is 5.73 Å². The van der Waals surface area contributed by atoms with Crippen LogP contribution in [-0.4, -0.2) is 37.2 Å². The molecule has 0 aliphatic carbocycles. The van der Waals surface area contributed by atoms with E-state index in [-0.39, 0.29) is 0 Å². The molecule has 1 aromatic rings. The van der Waals surface area contributed by atoms with Crippen molar-refractivity contribution in [2.75, 3.05) is 28.4 Å². The molecule has 2 N–H and O–H groups in total. The van der Waals surface area contributed by atoms with E-state index in [1.54, 1.807) is 21.3 Å². The van der Waals surface area contributed by atoms with Gasteiger partial charge in [0.25, 0.3) is 0 Å². The van der Waals surface area contributed by atoms with E-state index in [9.17, 15) is 0 Å². The molecule has 0 saturated carbocycles. The Balaban J connectivity index is 0.000000921. The van der Waals surface area contributed by atoms with E-state index in [0.29, 0.717) is 0 Å². The molecule has 0 saturated heterocycles. The van der Waals surface area contributed by atoms with E-state index in [1.165, 1.54) is 7.05 Å². The van der Waals surface area contributed by atoms with Gasteiger partial charge in [-0.25, -0.2) is 0 Å². The van der Waals surface area contributed by atoms with Crippen molar-refractivity contribution < 1.29 is 13.3 Å². The first-order valence-electron chi connectivity index (χ1n) is 4.58. The van der Waals surface area contributed by atoms with Crippen LogP contribution in [0.4, 0.5) is 0 Å². The molecule has 0 aliphatic rings. The lowest BCUT2D eigenvalue weighted by molar-refractivity contribution is 0.140. The SMILES string of the molecule is CN.CO[Si](OC)(OC)c1ccccc1. The monoisotopic (exact) mass is 229 g/mol. The molecule has 1 aromatic carbocycles. The summed E-state index contributed by atoms with van der Waals surface area (Å²) in [6.07, 6.45) is 0. The van der Waals surface area contributed by atoms with Gasteiger partial charge in [-0.2, -0.15) is 0 Å². The van der Waals surface area contributed by atoms with Crippen molar-refractivity contribution in [2.45, 2.75) is 0 Å². The summed E-state index contributed by atoms with van der Waals surface area (Å²) < 4.78 is 16.0. The largest absolute Gasteiger partial charge is 0.536 e. The summed E-state index contributed by atoms with van der Waals surface area (Å²) >= 11 is 0. The van der Waals surface area contributed by atoms with Gasteiger partial charge >= 0.3 is 8.80 Å². The van der Waals surface area contributed by atoms with Gasteiger partial charge in [-0.15, -0.1) is 0 Å². The Morgan fingerprint density at radius 1 is 0.867 bits per heavy atom. The molecular formula is C10H19NO3Si. The third-order valence-electron chi connectivity index (χ3n) is 1.93. The van der Waals surface area contributed by atoms with Crippen LogP contribution in [0.5, 0.6) is 0 Å². The fourth-order valence-corrected chi connectivity index (χ4v) is 3.05. The molecule has 0 aliphatic heterocycles. The zero-order valence-electron chi connectivity index (χ0n) is 9.69. The zero-order valence-corrected chi connectivity index (χ0v) is 10.7. The van der Waals surface area contributed by atoms with Gasteiger partial charge in [-0.1, -0.05) is 30.3 Å². The van der Waals surface area contributed by atoms with Crippen LogP contribution >= 0.6 is 0 Å². The van der Waals surface area contributed by atoms with Crippen molar-refractivity contribution >= 4 is 14.0 Å². The van der Waals surface area contributed by atoms with E-state index in [0.717, 1.165) is 5.19 Å². The van der Waals surface area contributed by atoms with Crippen LogP contribution in [0.25, 0.3) is 0 Å². The smallest absolute Gasteiger partial charge is 0.373 e. The second-order valence-electron chi connectivity index (χ2n) is 2.53. The molecule has 1 rings (SSSR count). The third-order valence-corrected chi connectivity index (χ3v) is 4.59. The average Bonchev–Trinajstić information content (AvgIpc) is 2.36. The van der Waals surface area contributed by atoms with E-state index in [2.05, 4.69) is 5.73 Å². The molecule has 0 aromatic heterocycles. The molecule has 0 spiro atoms. The van der Waals surface area contributed by atoms with E-state index >= 15 is 0 Å². The number of hydrogen-bond donors (Lipinski definition) is 1. The van der Waals surface area contributed by atoms with E-state index in [1.807, 2.05) is 30.3 Å². The van der Waals surface area contributed by atoms with Crippen LogP contribution < -0.4 is 10.9 Å². The molecule has 15 heavy (non-hydrogen) atoms. The van der Waals surface area contributed by atoms with Crippen molar-refractivity contribution in [3.63, 3.8) is 0 Å². The molecule has 5 heteroatoms. The zero-order chi connectivity index (χ0) is 11.7. The molecule has 0 bridgehead atoms. The van der Waals surface area contributed by atoms with E-state index < -0.39 is 8.80 Å². The summed E-state index contributed by atoms with van der Waals surface area (Å²) in [4.78, 5) is 0. The molecule has 0 unspecified atom stereocenters. The summed E-state index contributed by atoms with van der Waals surface area (Å²) in [5, 5.41) is 0.975. The lowest BCUT2D eigenvalue weighted by Crippen LogP contribution is -2.54. The highest BCUT2D eigenvalue weighted by Gasteiger charge is 2.40. The molecule has 0 atom stereocenters. The minimum absolute atomic E-state index is 0.975. The van der Waals surface area contributed by atoms with Crippen molar-refractivity contribution in [1.29, 1.82) is 0 Å². The molecule has 0 fully saturated rings. The summed E-state index contributed by atoms with van der Waals surface area (Å²) in [6, 6.07) is 9.72. The minimum atomic E-state index is -2.59. The second kappa shape index (κ2) is 7.55. The Labute approximate surface area is 92.3 Å². The maximum Gasteiger partial charge on any atom is 0.536 e. The summed E-state index contributed by atoms with van der Waals surface area (Å²) in [5.74, 6) is 0. The predicted octanol–water partition coefficient (Wildman–Crippen LogP) is 0.347. The van der Waals surface area contributed by atoms with Crippen LogP contribution in [0.15, 0.2) is 30.3 Å². The van der Waals surface area contributed by atoms with Crippen molar-refractivity contribution in [1.82, 2.24) is 0 Å². The van der Waals surface area contributed by atoms with E-state index in [4.69, 9.17) is 13.3 Å². The Kier molecular flexibility index (Phi) is 7.19. The number of benzene rings is 1. The van der Waals surface area contributed by atoms with Crippen LogP contribution in [0.3, 0.4) is 0 Å². The summed E-state index contributed by atoms with van der Waals surface area (Å²) in [5.41, 5.74) is 4.50. The third kappa shape index (κ3) is 3.40. The quantitative estimate of drug-likeness (QED) is 0.757. The molecule has 4 nitrogen and oxygen atoms in total. The summed E-state index contributed by atoms with van der Waals surface area (Å²) in [6.45, 7) is 0. The Hall–Kier alpha value is -0.723. The predicted molar refractivity (Wildman–Crippen MR) is 63.0 cm³/mol. The molecule has 86 valence electrons. The fraction of sp³-hybridized carbons (Fsp3) is 0.400. The Morgan fingerprint density at radius 2 is 1.27 bits per heavy atom. The standard InChI is InChI=1S/C9H14O3Si.CH5N/c1-10-13(11-2,12-3)9-7-5-4-6-8-9;1-2/h4-8H,1-3H3;2H2,1H3. The summed E-state index contributed by atoms with van der Waals surface area (Å²) in [7, 11) is 3.72. The van der Waals surface area contributed by atoms with Gasteiger partial charge in [-0.3, -0.25) is 0 Å². The van der Waals surface area contributed by atoms with Crippen LogP contribution in [0, 0.1) is 0 Å². The fourth-order valence-electron chi connectivity index (χ4n) is 1.25. The number of nitrogens with two attached hydrogens (primary N) is 1. The van der Waals surface area contributed by atoms with Crippen molar-refractivity contribution in [3.8, 4) is 0 Å². The van der Waals surface area contributed by atoms with Crippen LogP contribution in [0.1, 0.15) is 0 Å². The Morgan fingerprint density at radius 3 is 1.60 bits per heavy atom. The topological polar surface area (TPSA) is 53.7 Å². The average molecular weight is 229 g/mol. The maximum atomic E-state index is 5.32. The number of rotatable bonds is 4. The normalized spacial score (nSPS) is 10.5. The number of hydrogen-bond acceptors (Lipinski definition) is 4. The van der Waals surface area contributed by atoms with Gasteiger partial charge in [0.1, 0.15) is 0 Å². The van der Waals surface area contributed by atoms with Gasteiger partial charge in [0.05, 0.1) is 0 Å². The van der Waals surface area contributed by atoms with Gasteiger partial charge in [-0.05, 0) is 7.05 Å². The highest BCUT2D eigenvalue weighted by Crippen LogP contribution is 2.05. The lowest BCUT2D eigenvalue weighted by atomic mass is 10.4. The van der Waals surface area contributed by atoms with Gasteiger partial charge in [0.15, 0.2) is 0 Å². The van der Waals surface area contributed by atoms with Gasteiger partial charge < -0.3 is 19.0 Å². The molecular weight excluding hydrogens is 210 g/mol. The minimum Gasteiger partial charge on any atom is -0.373 e. The van der Waals surface area contributed by atoms with Crippen LogP contribution in [0.2, 0.25) is 0 Å². The highest BCUT2D eigenvalue weighted by molar-refractivity contribution is 6.75. The van der Waals surface area contributed by atoms with Gasteiger partial charge in [0.2, 0.25) is 0 Å². The van der Waals surface area contributed by atoms with Crippen molar-refractivity contribution in [3.05, 3.63) is 30.3 Å². The molecule has 0 heterocycles. The first kappa shape index (κ1) is 14.3. The van der Waals surface area contributed by atoms with Gasteiger partial charge in [0, 0.05) is 26.5 Å².